The van der Waals surface area contributed by atoms with Crippen LogP contribution in [0.3, 0.4) is 0 Å². The number of aliphatic hydroxyl groups is 1. The third kappa shape index (κ3) is 3.48. The Morgan fingerprint density at radius 1 is 1.61 bits per heavy atom. The Morgan fingerprint density at radius 2 is 2.22 bits per heavy atom. The van der Waals surface area contributed by atoms with Crippen molar-refractivity contribution in [3.63, 3.8) is 0 Å². The fraction of sp³-hybridized carbons (Fsp3) is 0.923. The molecule has 0 aromatic heterocycles. The van der Waals surface area contributed by atoms with Crippen molar-refractivity contribution < 1.29 is 14.6 Å². The molecule has 4 nitrogen and oxygen atoms in total. The molecule has 3 N–H and O–H groups in total. The molecule has 18 heavy (non-hydrogen) atoms. The van der Waals surface area contributed by atoms with E-state index in [2.05, 4.69) is 14.2 Å². The summed E-state index contributed by atoms with van der Waals surface area (Å²) in [5, 5.41) is 10.5. The summed E-state index contributed by atoms with van der Waals surface area (Å²) < 4.78 is 5.75. The zero-order valence-corrected chi connectivity index (χ0v) is 11.8. The number of primary amides is 1. The molecule has 0 aliphatic carbocycles. The number of hydrogen-bond acceptors (Lipinski definition) is 3. The highest BCUT2D eigenvalue weighted by Crippen LogP contribution is 2.37. The maximum Gasteiger partial charge on any atom is 0.220 e. The fourth-order valence-electron chi connectivity index (χ4n) is 2.44. The topological polar surface area (TPSA) is 72.6 Å². The van der Waals surface area contributed by atoms with Gasteiger partial charge >= 0.3 is 0 Å². The van der Waals surface area contributed by atoms with Crippen LogP contribution >= 0.6 is 0 Å². The van der Waals surface area contributed by atoms with Crippen molar-refractivity contribution in [1.29, 1.82) is 0 Å². The smallest absolute Gasteiger partial charge is 0.220 e. The summed E-state index contributed by atoms with van der Waals surface area (Å²) in [5.41, 5.74) is 5.35. The van der Waals surface area contributed by atoms with Crippen LogP contribution < -0.4 is 5.73 Å². The van der Waals surface area contributed by atoms with Gasteiger partial charge in [0.25, 0.3) is 0 Å². The van der Waals surface area contributed by atoms with Gasteiger partial charge in [-0.25, -0.2) is 0 Å². The van der Waals surface area contributed by atoms with Gasteiger partial charge in [-0.15, -0.1) is 0 Å². The lowest BCUT2D eigenvalue weighted by Crippen LogP contribution is -2.49. The van der Waals surface area contributed by atoms with Crippen LogP contribution in [-0.4, -0.2) is 30.2 Å². The molecule has 0 aromatic rings. The van der Waals surface area contributed by atoms with Gasteiger partial charge in [0.2, 0.25) is 5.91 Å². The second kappa shape index (κ2) is 6.07. The van der Waals surface area contributed by atoms with Crippen molar-refractivity contribution in [3.8, 4) is 0 Å². The summed E-state index contributed by atoms with van der Waals surface area (Å²) in [7, 11) is 2.09. The minimum Gasteiger partial charge on any atom is -0.369 e. The van der Waals surface area contributed by atoms with E-state index in [-0.39, 0.29) is 23.8 Å². The molecule has 103 valence electrons. The van der Waals surface area contributed by atoms with Gasteiger partial charge in [-0.2, -0.15) is 0 Å². The van der Waals surface area contributed by atoms with Gasteiger partial charge in [-0.1, -0.05) is 20.8 Å². The maximum atomic E-state index is 11.3. The number of ether oxygens (including phenoxy) is 1. The first-order valence-corrected chi connectivity index (χ1v) is 6.83. The summed E-state index contributed by atoms with van der Waals surface area (Å²) >= 11 is 0. The quantitative estimate of drug-likeness (QED) is 0.731. The molecule has 1 unspecified atom stereocenters. The molecule has 1 aliphatic rings. The number of rotatable bonds is 5. The maximum absolute atomic E-state index is 11.3. The van der Waals surface area contributed by atoms with E-state index in [1.807, 2.05) is 20.8 Å². The van der Waals surface area contributed by atoms with Crippen LogP contribution in [0.4, 0.5) is 0 Å². The Balaban J connectivity index is 2.65. The first kappa shape index (κ1) is 15.5. The Morgan fingerprint density at radius 3 is 2.67 bits per heavy atom. The molecule has 1 rings (SSSR count). The van der Waals surface area contributed by atoms with Crippen LogP contribution in [0.25, 0.3) is 0 Å². The van der Waals surface area contributed by atoms with E-state index < -0.39 is 5.79 Å². The van der Waals surface area contributed by atoms with Crippen molar-refractivity contribution in [1.82, 2.24) is 0 Å². The number of carbonyl (C=O) groups excluding carboxylic acids is 1. The lowest BCUT2D eigenvalue weighted by molar-refractivity contribution is -0.250. The summed E-state index contributed by atoms with van der Waals surface area (Å²) in [5.74, 6) is -1.41. The molecular formula is C13H25BNO3. The van der Waals surface area contributed by atoms with Crippen molar-refractivity contribution >= 4 is 13.2 Å². The predicted octanol–water partition coefficient (Wildman–Crippen LogP) is 1.56. The average Bonchev–Trinajstić information content (AvgIpc) is 2.30. The monoisotopic (exact) mass is 254 g/mol. The van der Waals surface area contributed by atoms with Gasteiger partial charge < -0.3 is 15.6 Å². The predicted molar refractivity (Wildman–Crippen MR) is 72.2 cm³/mol. The molecule has 0 saturated carbocycles. The highest BCUT2D eigenvalue weighted by atomic mass is 16.6. The Labute approximate surface area is 111 Å². The molecule has 1 heterocycles. The van der Waals surface area contributed by atoms with Crippen LogP contribution in [0.5, 0.6) is 0 Å². The summed E-state index contributed by atoms with van der Waals surface area (Å²) in [6.45, 7) is 7.89. The minimum absolute atomic E-state index is 0.000135. The van der Waals surface area contributed by atoms with Gasteiger partial charge in [0.1, 0.15) is 7.28 Å². The summed E-state index contributed by atoms with van der Waals surface area (Å²) in [6.07, 6.45) is 1.78. The van der Waals surface area contributed by atoms with Crippen LogP contribution in [-0.2, 0) is 9.53 Å². The minimum atomic E-state index is -1.16. The van der Waals surface area contributed by atoms with E-state index >= 15 is 0 Å². The highest BCUT2D eigenvalue weighted by Gasteiger charge is 2.42. The fourth-order valence-corrected chi connectivity index (χ4v) is 2.44. The number of nitrogens with two attached hydrogens (primary N) is 1. The van der Waals surface area contributed by atoms with Gasteiger partial charge in [-0.05, 0) is 31.9 Å². The second-order valence-corrected chi connectivity index (χ2v) is 5.61. The number of amides is 1. The Hall–Kier alpha value is -0.545. The third-order valence-electron chi connectivity index (χ3n) is 4.22. The van der Waals surface area contributed by atoms with E-state index in [1.165, 1.54) is 0 Å². The lowest BCUT2D eigenvalue weighted by Gasteiger charge is -2.43. The highest BCUT2D eigenvalue weighted by molar-refractivity contribution is 6.38. The Bertz CT molecular complexity index is 300. The van der Waals surface area contributed by atoms with Crippen molar-refractivity contribution in [2.24, 2.45) is 17.6 Å². The average molecular weight is 254 g/mol. The molecule has 0 bridgehead atoms. The van der Waals surface area contributed by atoms with Crippen LogP contribution in [0.1, 0.15) is 40.5 Å². The number of carbonyl (C=O) groups is 1. The van der Waals surface area contributed by atoms with Crippen LogP contribution in [0, 0.1) is 11.8 Å². The van der Waals surface area contributed by atoms with E-state index in [1.54, 1.807) is 0 Å². The van der Waals surface area contributed by atoms with E-state index in [9.17, 15) is 9.90 Å². The van der Waals surface area contributed by atoms with E-state index in [0.29, 0.717) is 25.0 Å². The first-order valence-electron chi connectivity index (χ1n) is 6.83. The molecule has 5 heteroatoms. The zero-order valence-electron chi connectivity index (χ0n) is 11.8. The van der Waals surface area contributed by atoms with Crippen molar-refractivity contribution in [2.75, 3.05) is 0 Å². The van der Waals surface area contributed by atoms with E-state index in [4.69, 9.17) is 10.5 Å². The molecule has 1 fully saturated rings. The summed E-state index contributed by atoms with van der Waals surface area (Å²) in [4.78, 5) is 11.3. The molecule has 1 amide bonds. The third-order valence-corrected chi connectivity index (χ3v) is 4.22. The molecule has 1 aliphatic heterocycles. The molecule has 1 radical (unpaired) electrons. The first-order chi connectivity index (χ1) is 8.30. The van der Waals surface area contributed by atoms with E-state index in [0.717, 1.165) is 0 Å². The Kier molecular flexibility index (Phi) is 5.23. The van der Waals surface area contributed by atoms with Gasteiger partial charge in [0.15, 0.2) is 5.79 Å². The molecule has 1 saturated heterocycles. The lowest BCUT2D eigenvalue weighted by atomic mass is 9.55. The SMILES string of the molecule is CC[C@@H](C[C@H](C)[C@]1(O)C[B]C(C)[C@H](C)O1)C(N)=O. The van der Waals surface area contributed by atoms with Crippen LogP contribution in [0.2, 0.25) is 12.1 Å². The normalized spacial score (nSPS) is 35.6. The molecule has 5 atom stereocenters. The van der Waals surface area contributed by atoms with Crippen molar-refractivity contribution in [2.45, 2.75) is 64.6 Å². The second-order valence-electron chi connectivity index (χ2n) is 5.61. The van der Waals surface area contributed by atoms with Gasteiger partial charge in [0.05, 0.1) is 6.10 Å². The summed E-state index contributed by atoms with van der Waals surface area (Å²) in [6, 6.07) is 0. The van der Waals surface area contributed by atoms with Crippen LogP contribution in [0.15, 0.2) is 0 Å². The largest absolute Gasteiger partial charge is 0.369 e. The molecule has 0 spiro atoms. The molecular weight excluding hydrogens is 229 g/mol. The molecule has 0 aromatic carbocycles. The van der Waals surface area contributed by atoms with Crippen molar-refractivity contribution in [3.05, 3.63) is 0 Å². The van der Waals surface area contributed by atoms with Gasteiger partial charge in [-0.3, -0.25) is 4.79 Å². The number of hydrogen-bond donors (Lipinski definition) is 2. The van der Waals surface area contributed by atoms with Gasteiger partial charge in [0, 0.05) is 11.8 Å². The standard InChI is InChI=1S/C13H25BNO3/c1-5-11(12(15)16)6-8(2)13(17)7-14-9(3)10(4)18-13/h8-11,17H,5-7H2,1-4H3,(H2,15,16)/t8-,9?,10-,11-,13-/m0/s1. The zero-order chi connectivity index (χ0) is 13.9.